The second-order valence-electron chi connectivity index (χ2n) is 5.40. The second kappa shape index (κ2) is 4.07. The van der Waals surface area contributed by atoms with E-state index in [9.17, 15) is 9.50 Å². The highest BCUT2D eigenvalue weighted by Crippen LogP contribution is 2.39. The lowest BCUT2D eigenvalue weighted by Gasteiger charge is -2.36. The summed E-state index contributed by atoms with van der Waals surface area (Å²) in [6.45, 7) is 0. The normalized spacial score (nSPS) is 36.1. The van der Waals surface area contributed by atoms with Crippen LogP contribution in [0.25, 0.3) is 0 Å². The third-order valence-electron chi connectivity index (χ3n) is 3.83. The molecule has 2 aliphatic rings. The van der Waals surface area contributed by atoms with E-state index in [0.717, 1.165) is 18.4 Å². The Morgan fingerprint density at radius 3 is 2.65 bits per heavy atom. The van der Waals surface area contributed by atoms with Gasteiger partial charge in [0.25, 0.3) is 0 Å². The minimum atomic E-state index is -0.710. The number of benzene rings is 1. The van der Waals surface area contributed by atoms with Crippen molar-refractivity contribution >= 4 is 0 Å². The molecule has 1 aromatic rings. The Kier molecular flexibility index (Phi) is 2.68. The first kappa shape index (κ1) is 11.2. The first-order chi connectivity index (χ1) is 8.13. The maximum Gasteiger partial charge on any atom is 0.123 e. The SMILES string of the molecule is OC1(Cc2cccc(F)c2)CC2CCC(C1)O2. The molecule has 17 heavy (non-hydrogen) atoms. The number of halogens is 1. The van der Waals surface area contributed by atoms with Gasteiger partial charge in [0.05, 0.1) is 17.8 Å². The molecule has 2 atom stereocenters. The summed E-state index contributed by atoms with van der Waals surface area (Å²) in [5, 5.41) is 10.6. The Hall–Kier alpha value is -0.930. The third-order valence-corrected chi connectivity index (χ3v) is 3.83. The predicted molar refractivity (Wildman–Crippen MR) is 62.2 cm³/mol. The molecule has 3 rings (SSSR count). The van der Waals surface area contributed by atoms with Gasteiger partial charge in [-0.15, -0.1) is 0 Å². The molecular weight excluding hydrogens is 219 g/mol. The Bertz CT molecular complexity index is 406. The lowest BCUT2D eigenvalue weighted by Crippen LogP contribution is -2.42. The topological polar surface area (TPSA) is 29.5 Å². The zero-order chi connectivity index (χ0) is 11.9. The van der Waals surface area contributed by atoms with Crippen LogP contribution in [0.1, 0.15) is 31.2 Å². The molecule has 1 aromatic carbocycles. The minimum Gasteiger partial charge on any atom is -0.389 e. The van der Waals surface area contributed by atoms with Crippen molar-refractivity contribution in [3.05, 3.63) is 35.6 Å². The van der Waals surface area contributed by atoms with Crippen LogP contribution in [0.3, 0.4) is 0 Å². The van der Waals surface area contributed by atoms with Crippen LogP contribution in [-0.4, -0.2) is 22.9 Å². The van der Waals surface area contributed by atoms with E-state index in [1.54, 1.807) is 6.07 Å². The van der Waals surface area contributed by atoms with E-state index >= 15 is 0 Å². The average Bonchev–Trinajstić information content (AvgIpc) is 2.58. The lowest BCUT2D eigenvalue weighted by atomic mass is 9.84. The molecule has 0 saturated carbocycles. The summed E-state index contributed by atoms with van der Waals surface area (Å²) in [5.41, 5.74) is 0.159. The van der Waals surface area contributed by atoms with Crippen LogP contribution < -0.4 is 0 Å². The molecular formula is C14H17FO2. The zero-order valence-corrected chi connectivity index (χ0v) is 9.73. The van der Waals surface area contributed by atoms with Crippen LogP contribution >= 0.6 is 0 Å². The fourth-order valence-corrected chi connectivity index (χ4v) is 3.18. The molecule has 2 heterocycles. The summed E-state index contributed by atoms with van der Waals surface area (Å²) < 4.78 is 18.8. The van der Waals surface area contributed by atoms with Gasteiger partial charge in [0.2, 0.25) is 0 Å². The van der Waals surface area contributed by atoms with Crippen LogP contribution in [0.5, 0.6) is 0 Å². The molecule has 2 nitrogen and oxygen atoms in total. The van der Waals surface area contributed by atoms with Crippen LogP contribution in [0.15, 0.2) is 24.3 Å². The number of hydrogen-bond acceptors (Lipinski definition) is 2. The van der Waals surface area contributed by atoms with Gasteiger partial charge in [-0.1, -0.05) is 12.1 Å². The molecule has 2 saturated heterocycles. The molecule has 3 heteroatoms. The van der Waals surface area contributed by atoms with Crippen molar-refractivity contribution in [3.63, 3.8) is 0 Å². The highest BCUT2D eigenvalue weighted by atomic mass is 19.1. The smallest absolute Gasteiger partial charge is 0.123 e. The Labute approximate surface area is 100 Å². The van der Waals surface area contributed by atoms with Crippen molar-refractivity contribution in [2.45, 2.75) is 49.9 Å². The molecule has 92 valence electrons. The third kappa shape index (κ3) is 2.35. The van der Waals surface area contributed by atoms with Crippen molar-refractivity contribution in [2.24, 2.45) is 0 Å². The molecule has 0 aliphatic carbocycles. The van der Waals surface area contributed by atoms with Crippen molar-refractivity contribution in [1.82, 2.24) is 0 Å². The zero-order valence-electron chi connectivity index (χ0n) is 9.73. The summed E-state index contributed by atoms with van der Waals surface area (Å²) in [6, 6.07) is 6.51. The second-order valence-corrected chi connectivity index (χ2v) is 5.40. The van der Waals surface area contributed by atoms with Gasteiger partial charge in [-0.3, -0.25) is 0 Å². The van der Waals surface area contributed by atoms with Gasteiger partial charge in [0.1, 0.15) is 5.82 Å². The van der Waals surface area contributed by atoms with Gasteiger partial charge in [-0.2, -0.15) is 0 Å². The van der Waals surface area contributed by atoms with Gasteiger partial charge < -0.3 is 9.84 Å². The van der Waals surface area contributed by atoms with Crippen molar-refractivity contribution in [3.8, 4) is 0 Å². The van der Waals surface area contributed by atoms with Crippen molar-refractivity contribution < 1.29 is 14.2 Å². The van der Waals surface area contributed by atoms with E-state index < -0.39 is 5.60 Å². The summed E-state index contributed by atoms with van der Waals surface area (Å²) in [7, 11) is 0. The number of aliphatic hydroxyl groups is 1. The van der Waals surface area contributed by atoms with E-state index in [2.05, 4.69) is 0 Å². The Balaban J connectivity index is 1.76. The summed E-state index contributed by atoms with van der Waals surface area (Å²) in [5.74, 6) is -0.235. The lowest BCUT2D eigenvalue weighted by molar-refractivity contribution is -0.110. The van der Waals surface area contributed by atoms with Crippen molar-refractivity contribution in [2.75, 3.05) is 0 Å². The largest absolute Gasteiger partial charge is 0.389 e. The van der Waals surface area contributed by atoms with Crippen molar-refractivity contribution in [1.29, 1.82) is 0 Å². The number of ether oxygens (including phenoxy) is 1. The van der Waals surface area contributed by atoms with Gasteiger partial charge in [-0.05, 0) is 30.5 Å². The van der Waals surface area contributed by atoms with Crippen LogP contribution in [-0.2, 0) is 11.2 Å². The van der Waals surface area contributed by atoms with Crippen LogP contribution in [0.4, 0.5) is 4.39 Å². The number of hydrogen-bond donors (Lipinski definition) is 1. The minimum absolute atomic E-state index is 0.201. The van der Waals surface area contributed by atoms with Gasteiger partial charge >= 0.3 is 0 Å². The first-order valence-electron chi connectivity index (χ1n) is 6.25. The van der Waals surface area contributed by atoms with Gasteiger partial charge in [0, 0.05) is 19.3 Å². The number of rotatable bonds is 2. The van der Waals surface area contributed by atoms with Gasteiger partial charge in [-0.25, -0.2) is 4.39 Å². The maximum atomic E-state index is 13.1. The van der Waals surface area contributed by atoms with Crippen LogP contribution in [0.2, 0.25) is 0 Å². The molecule has 2 fully saturated rings. The Morgan fingerprint density at radius 1 is 1.29 bits per heavy atom. The van der Waals surface area contributed by atoms with E-state index in [4.69, 9.17) is 4.74 Å². The predicted octanol–water partition coefficient (Wildman–Crippen LogP) is 2.44. The molecule has 0 amide bonds. The molecule has 2 unspecified atom stereocenters. The molecule has 2 bridgehead atoms. The first-order valence-corrected chi connectivity index (χ1v) is 6.25. The highest BCUT2D eigenvalue weighted by molar-refractivity contribution is 5.19. The highest BCUT2D eigenvalue weighted by Gasteiger charge is 2.43. The summed E-state index contributed by atoms with van der Waals surface area (Å²) in [4.78, 5) is 0. The van der Waals surface area contributed by atoms with E-state index in [1.807, 2.05) is 6.07 Å². The van der Waals surface area contributed by atoms with E-state index in [1.165, 1.54) is 12.1 Å². The fourth-order valence-electron chi connectivity index (χ4n) is 3.18. The number of fused-ring (bicyclic) bond motifs is 2. The van der Waals surface area contributed by atoms with Crippen LogP contribution in [0, 0.1) is 5.82 Å². The monoisotopic (exact) mass is 236 g/mol. The molecule has 0 radical (unpaired) electrons. The fraction of sp³-hybridized carbons (Fsp3) is 0.571. The summed E-state index contributed by atoms with van der Waals surface area (Å²) >= 11 is 0. The quantitative estimate of drug-likeness (QED) is 0.854. The Morgan fingerprint density at radius 2 is 2.00 bits per heavy atom. The standard InChI is InChI=1S/C14H17FO2/c15-11-3-1-2-10(6-11)7-14(16)8-12-4-5-13(9-14)17-12/h1-3,6,12-13,16H,4-5,7-9H2. The maximum absolute atomic E-state index is 13.1. The molecule has 0 spiro atoms. The van der Waals surface area contributed by atoms with E-state index in [0.29, 0.717) is 19.3 Å². The average molecular weight is 236 g/mol. The summed E-state index contributed by atoms with van der Waals surface area (Å²) in [6.07, 6.45) is 4.40. The molecule has 2 aliphatic heterocycles. The molecule has 0 aromatic heterocycles. The van der Waals surface area contributed by atoms with E-state index in [-0.39, 0.29) is 18.0 Å². The molecule has 1 N–H and O–H groups in total. The van der Waals surface area contributed by atoms with Gasteiger partial charge in [0.15, 0.2) is 0 Å².